The maximum atomic E-state index is 12.3. The molecule has 1 aromatic heterocycles. The van der Waals surface area contributed by atoms with Crippen molar-refractivity contribution in [2.75, 3.05) is 33.4 Å². The first kappa shape index (κ1) is 27.9. The highest BCUT2D eigenvalue weighted by Crippen LogP contribution is 2.21. The number of aliphatic imine (C=N–C) groups is 1. The molecule has 2 unspecified atom stereocenters. The van der Waals surface area contributed by atoms with Gasteiger partial charge in [0.2, 0.25) is 5.43 Å². The Morgan fingerprint density at radius 1 is 1.42 bits per heavy atom. The molecule has 0 aliphatic carbocycles. The predicted molar refractivity (Wildman–Crippen MR) is 135 cm³/mol. The molecule has 1 heterocycles. The molecule has 33 heavy (non-hydrogen) atoms. The third kappa shape index (κ3) is 11.3. The Morgan fingerprint density at radius 3 is 2.91 bits per heavy atom. The lowest BCUT2D eigenvalue weighted by molar-refractivity contribution is 0.118. The topological polar surface area (TPSA) is 116 Å². The Labute approximate surface area is 196 Å². The number of ether oxygens (including phenoxy) is 1. The van der Waals surface area contributed by atoms with E-state index in [9.17, 15) is 4.79 Å². The second-order valence-corrected chi connectivity index (χ2v) is 7.26. The number of hydrogen-bond acceptors (Lipinski definition) is 8. The van der Waals surface area contributed by atoms with Crippen LogP contribution in [0, 0.1) is 5.41 Å². The number of likely N-dealkylation sites (N-methyl/N-ethyl adjacent to an activating group) is 1. The van der Waals surface area contributed by atoms with Crippen LogP contribution in [0.5, 0.6) is 0 Å². The Kier molecular flexibility index (Phi) is 13.9. The van der Waals surface area contributed by atoms with Gasteiger partial charge in [0.1, 0.15) is 11.8 Å². The Bertz CT molecular complexity index is 904. The predicted octanol–water partition coefficient (Wildman–Crippen LogP) is 2.44. The van der Waals surface area contributed by atoms with Gasteiger partial charge in [-0.15, -0.1) is 0 Å². The van der Waals surface area contributed by atoms with Crippen LogP contribution in [0.4, 0.5) is 0 Å². The third-order valence-electron chi connectivity index (χ3n) is 4.66. The fourth-order valence-electron chi connectivity index (χ4n) is 2.70. The summed E-state index contributed by atoms with van der Waals surface area (Å²) in [5, 5.41) is 26.4. The minimum Gasteiger partial charge on any atom is -0.394 e. The number of nitrogens with one attached hydrogen (secondary N) is 1. The second kappa shape index (κ2) is 16.5. The van der Waals surface area contributed by atoms with Crippen molar-refractivity contribution < 1.29 is 9.84 Å². The van der Waals surface area contributed by atoms with Crippen molar-refractivity contribution in [2.45, 2.75) is 38.8 Å². The van der Waals surface area contributed by atoms with Crippen molar-refractivity contribution in [3.63, 3.8) is 0 Å². The number of allylic oxidation sites excluding steroid dienone is 5. The number of aliphatic hydroxyl groups is 1. The quantitative estimate of drug-likeness (QED) is 0.172. The molecule has 0 radical (unpaired) electrons. The van der Waals surface area contributed by atoms with E-state index in [-0.39, 0.29) is 24.1 Å². The highest BCUT2D eigenvalue weighted by atomic mass is 16.5. The van der Waals surface area contributed by atoms with Crippen LogP contribution in [0.15, 0.2) is 63.6 Å². The average molecular weight is 457 g/mol. The van der Waals surface area contributed by atoms with E-state index in [0.717, 1.165) is 5.57 Å². The second-order valence-electron chi connectivity index (χ2n) is 7.26. The van der Waals surface area contributed by atoms with Crippen molar-refractivity contribution in [1.29, 1.82) is 5.41 Å². The van der Waals surface area contributed by atoms with E-state index in [1.165, 1.54) is 12.3 Å². The molecular formula is C24H36N6O3. The average Bonchev–Trinajstić information content (AvgIpc) is 2.80. The first-order valence-corrected chi connectivity index (χ1v) is 11.0. The van der Waals surface area contributed by atoms with Crippen LogP contribution in [0.3, 0.4) is 0 Å². The molecule has 2 atom stereocenters. The van der Waals surface area contributed by atoms with E-state index in [4.69, 9.17) is 15.3 Å². The molecule has 9 heteroatoms. The summed E-state index contributed by atoms with van der Waals surface area (Å²) in [4.78, 5) is 16.5. The lowest BCUT2D eigenvalue weighted by Gasteiger charge is -2.14. The fourth-order valence-corrected chi connectivity index (χ4v) is 2.70. The zero-order valence-electron chi connectivity index (χ0n) is 19.8. The summed E-state index contributed by atoms with van der Waals surface area (Å²) in [6.07, 6.45) is 14.1. The summed E-state index contributed by atoms with van der Waals surface area (Å²) in [7, 11) is 1.77. The van der Waals surface area contributed by atoms with Crippen molar-refractivity contribution in [2.24, 2.45) is 10.1 Å². The van der Waals surface area contributed by atoms with E-state index in [0.29, 0.717) is 38.4 Å². The molecule has 0 fully saturated rings. The van der Waals surface area contributed by atoms with E-state index in [1.54, 1.807) is 35.4 Å². The summed E-state index contributed by atoms with van der Waals surface area (Å²) in [6, 6.07) is 1.50. The van der Waals surface area contributed by atoms with Crippen molar-refractivity contribution in [3.8, 4) is 0 Å². The van der Waals surface area contributed by atoms with Gasteiger partial charge < -0.3 is 15.3 Å². The number of aliphatic hydroxyl groups excluding tert-OH is 1. The number of hydrogen-bond donors (Lipinski definition) is 2. The summed E-state index contributed by atoms with van der Waals surface area (Å²) in [5.41, 5.74) is 1.22. The number of aromatic nitrogens is 2. The van der Waals surface area contributed by atoms with Crippen molar-refractivity contribution in [3.05, 3.63) is 64.6 Å². The third-order valence-corrected chi connectivity index (χ3v) is 4.66. The van der Waals surface area contributed by atoms with Crippen LogP contribution in [-0.2, 0) is 11.3 Å². The molecule has 180 valence electrons. The fraction of sp³-hybridized carbons (Fsp3) is 0.458. The van der Waals surface area contributed by atoms with E-state index >= 15 is 0 Å². The standard InChI is InChI=1S/C24H36N6O3/c1-5-33-22(18-25)19-26-12-9-7-6-8-10-20(2)21(3)24-23(32)11-14-30(28-24)15-13-27-29(4)16-17-31/h6-9,11-14,18,21-22,25,31H,2,5,10,15-17,19H2,1,3-4H3/b8-6?,9-7+,25-18?,26-12?,27-13-. The van der Waals surface area contributed by atoms with Gasteiger partial charge >= 0.3 is 0 Å². The maximum absolute atomic E-state index is 12.3. The van der Waals surface area contributed by atoms with Crippen LogP contribution in [0.25, 0.3) is 0 Å². The SMILES string of the molecule is C=C(CC=C/C=C/C=NCC(C=N)OCC)C(C)c1nn(C/C=N\N(C)CCO)ccc1=O. The molecule has 0 aliphatic heterocycles. The lowest BCUT2D eigenvalue weighted by atomic mass is 9.96. The van der Waals surface area contributed by atoms with Gasteiger partial charge in [-0.25, -0.2) is 0 Å². The molecule has 0 saturated heterocycles. The van der Waals surface area contributed by atoms with Gasteiger partial charge in [0.05, 0.1) is 26.2 Å². The van der Waals surface area contributed by atoms with Gasteiger partial charge in [0.25, 0.3) is 0 Å². The highest BCUT2D eigenvalue weighted by molar-refractivity contribution is 5.72. The minimum absolute atomic E-state index is 0.0339. The van der Waals surface area contributed by atoms with Crippen molar-refractivity contribution in [1.82, 2.24) is 14.8 Å². The van der Waals surface area contributed by atoms with Crippen LogP contribution in [0.2, 0.25) is 0 Å². The molecule has 1 aromatic rings. The zero-order chi connectivity index (χ0) is 24.5. The number of nitrogens with zero attached hydrogens (tertiary/aromatic N) is 5. The maximum Gasteiger partial charge on any atom is 0.203 e. The molecular weight excluding hydrogens is 420 g/mol. The van der Waals surface area contributed by atoms with Crippen LogP contribution >= 0.6 is 0 Å². The Morgan fingerprint density at radius 2 is 2.21 bits per heavy atom. The monoisotopic (exact) mass is 456 g/mol. The zero-order valence-corrected chi connectivity index (χ0v) is 19.8. The molecule has 0 aromatic carbocycles. The summed E-state index contributed by atoms with van der Waals surface area (Å²) in [6.45, 7) is 9.81. The Hall–Kier alpha value is -3.17. The van der Waals surface area contributed by atoms with Gasteiger partial charge in [0, 0.05) is 50.5 Å². The van der Waals surface area contributed by atoms with Gasteiger partial charge in [-0.05, 0) is 19.4 Å². The van der Waals surface area contributed by atoms with Gasteiger partial charge in [-0.1, -0.05) is 37.3 Å². The first-order valence-electron chi connectivity index (χ1n) is 11.0. The van der Waals surface area contributed by atoms with Gasteiger partial charge in [-0.2, -0.15) is 10.2 Å². The molecule has 9 nitrogen and oxygen atoms in total. The van der Waals surface area contributed by atoms with Crippen LogP contribution < -0.4 is 5.43 Å². The summed E-state index contributed by atoms with van der Waals surface area (Å²) >= 11 is 0. The van der Waals surface area contributed by atoms with Crippen molar-refractivity contribution >= 4 is 18.6 Å². The molecule has 2 N–H and O–H groups in total. The molecule has 1 rings (SSSR count). The first-order chi connectivity index (χ1) is 15.9. The molecule has 0 spiro atoms. The van der Waals surface area contributed by atoms with E-state index < -0.39 is 0 Å². The van der Waals surface area contributed by atoms with E-state index in [2.05, 4.69) is 21.8 Å². The van der Waals surface area contributed by atoms with Crippen LogP contribution in [0.1, 0.15) is 31.9 Å². The number of hydrazone groups is 1. The molecule has 0 bridgehead atoms. The lowest BCUT2D eigenvalue weighted by Crippen LogP contribution is -2.21. The van der Waals surface area contributed by atoms with Crippen LogP contribution in [-0.4, -0.2) is 78.0 Å². The minimum atomic E-state index is -0.281. The molecule has 0 saturated carbocycles. The number of rotatable bonds is 16. The summed E-state index contributed by atoms with van der Waals surface area (Å²) in [5.74, 6) is -0.189. The molecule has 0 aliphatic rings. The molecule has 0 amide bonds. The van der Waals surface area contributed by atoms with Gasteiger partial charge in [0.15, 0.2) is 0 Å². The van der Waals surface area contributed by atoms with E-state index in [1.807, 2.05) is 38.2 Å². The van der Waals surface area contributed by atoms with Gasteiger partial charge in [-0.3, -0.25) is 19.5 Å². The summed E-state index contributed by atoms with van der Waals surface area (Å²) < 4.78 is 6.98. The normalized spacial score (nSPS) is 13.9. The largest absolute Gasteiger partial charge is 0.394 e. The highest BCUT2D eigenvalue weighted by Gasteiger charge is 2.14. The smallest absolute Gasteiger partial charge is 0.203 e. The Balaban J connectivity index is 2.59.